The van der Waals surface area contributed by atoms with Crippen LogP contribution < -0.4 is 4.74 Å². The first-order valence-electron chi connectivity index (χ1n) is 6.63. The largest absolute Gasteiger partial charge is 0.497 e. The van der Waals surface area contributed by atoms with Crippen LogP contribution in [0.2, 0.25) is 5.02 Å². The van der Waals surface area contributed by atoms with Gasteiger partial charge in [0, 0.05) is 17.2 Å². The number of thiazole rings is 1. The maximum absolute atomic E-state index is 10.8. The van der Waals surface area contributed by atoms with Crippen LogP contribution in [0.3, 0.4) is 0 Å². The Morgan fingerprint density at radius 2 is 2.09 bits per heavy atom. The summed E-state index contributed by atoms with van der Waals surface area (Å²) in [5.74, 6) is 0.776. The SMILES string of the molecule is COc1ccc2nc(/C=C/c3cc([N+](=O)[O-])ccc3Cl)sc2c1. The highest BCUT2D eigenvalue weighted by atomic mass is 35.5. The van der Waals surface area contributed by atoms with E-state index in [1.807, 2.05) is 18.2 Å². The molecule has 3 aromatic rings. The van der Waals surface area contributed by atoms with E-state index in [0.29, 0.717) is 10.6 Å². The minimum absolute atomic E-state index is 0.00286. The van der Waals surface area contributed by atoms with Gasteiger partial charge in [0.1, 0.15) is 10.8 Å². The Bertz CT molecular complexity index is 921. The lowest BCUT2D eigenvalue weighted by Crippen LogP contribution is -1.88. The minimum Gasteiger partial charge on any atom is -0.497 e. The zero-order valence-electron chi connectivity index (χ0n) is 12.0. The summed E-state index contributed by atoms with van der Waals surface area (Å²) in [5, 5.41) is 12.1. The highest BCUT2D eigenvalue weighted by Crippen LogP contribution is 2.28. The van der Waals surface area contributed by atoms with E-state index in [0.717, 1.165) is 21.0 Å². The summed E-state index contributed by atoms with van der Waals surface area (Å²) in [7, 11) is 1.62. The number of hydrogen-bond donors (Lipinski definition) is 0. The average molecular weight is 347 g/mol. The Labute approximate surface area is 141 Å². The molecule has 0 spiro atoms. The molecule has 1 heterocycles. The Hall–Kier alpha value is -2.44. The summed E-state index contributed by atoms with van der Waals surface area (Å²) >= 11 is 7.59. The Morgan fingerprint density at radius 1 is 1.26 bits per heavy atom. The van der Waals surface area contributed by atoms with Crippen LogP contribution in [0, 0.1) is 10.1 Å². The molecule has 0 atom stereocenters. The van der Waals surface area contributed by atoms with Crippen molar-refractivity contribution in [2.24, 2.45) is 0 Å². The van der Waals surface area contributed by atoms with E-state index in [2.05, 4.69) is 4.98 Å². The molecule has 3 rings (SSSR count). The molecule has 0 aliphatic carbocycles. The summed E-state index contributed by atoms with van der Waals surface area (Å²) in [5.41, 5.74) is 1.46. The van der Waals surface area contributed by atoms with Gasteiger partial charge in [0.15, 0.2) is 0 Å². The van der Waals surface area contributed by atoms with E-state index in [1.165, 1.54) is 29.5 Å². The van der Waals surface area contributed by atoms with Crippen molar-refractivity contribution in [3.63, 3.8) is 0 Å². The number of halogens is 1. The number of ether oxygens (including phenoxy) is 1. The molecular formula is C16H11ClN2O3S. The van der Waals surface area contributed by atoms with Crippen LogP contribution in [-0.2, 0) is 0 Å². The van der Waals surface area contributed by atoms with Crippen molar-refractivity contribution < 1.29 is 9.66 Å². The molecule has 0 unspecified atom stereocenters. The van der Waals surface area contributed by atoms with Gasteiger partial charge in [-0.25, -0.2) is 4.98 Å². The van der Waals surface area contributed by atoms with Gasteiger partial charge in [-0.15, -0.1) is 11.3 Å². The lowest BCUT2D eigenvalue weighted by Gasteiger charge is -1.97. The van der Waals surface area contributed by atoms with Gasteiger partial charge in [0.2, 0.25) is 0 Å². The van der Waals surface area contributed by atoms with E-state index in [-0.39, 0.29) is 5.69 Å². The smallest absolute Gasteiger partial charge is 0.270 e. The summed E-state index contributed by atoms with van der Waals surface area (Å²) in [4.78, 5) is 14.9. The first-order chi connectivity index (χ1) is 11.1. The van der Waals surface area contributed by atoms with Crippen molar-refractivity contribution in [2.75, 3.05) is 7.11 Å². The van der Waals surface area contributed by atoms with Crippen LogP contribution in [0.4, 0.5) is 5.69 Å². The second-order valence-corrected chi connectivity index (χ2v) is 6.15. The lowest BCUT2D eigenvalue weighted by atomic mass is 10.2. The van der Waals surface area contributed by atoms with Crippen molar-refractivity contribution in [1.82, 2.24) is 4.98 Å². The number of nitro groups is 1. The van der Waals surface area contributed by atoms with Gasteiger partial charge in [0.25, 0.3) is 5.69 Å². The molecule has 5 nitrogen and oxygen atoms in total. The second-order valence-electron chi connectivity index (χ2n) is 4.68. The van der Waals surface area contributed by atoms with E-state index in [4.69, 9.17) is 16.3 Å². The number of nitro benzene ring substituents is 1. The lowest BCUT2D eigenvalue weighted by molar-refractivity contribution is -0.384. The monoisotopic (exact) mass is 346 g/mol. The van der Waals surface area contributed by atoms with Gasteiger partial charge in [-0.05, 0) is 35.9 Å². The molecule has 2 aromatic carbocycles. The summed E-state index contributed by atoms with van der Waals surface area (Å²) < 4.78 is 6.20. The van der Waals surface area contributed by atoms with Gasteiger partial charge >= 0.3 is 0 Å². The third-order valence-corrected chi connectivity index (χ3v) is 4.54. The number of hydrogen-bond acceptors (Lipinski definition) is 5. The number of benzene rings is 2. The summed E-state index contributed by atoms with van der Waals surface area (Å²) in [6.07, 6.45) is 3.52. The molecular weight excluding hydrogens is 336 g/mol. The van der Waals surface area contributed by atoms with Crippen LogP contribution in [0.1, 0.15) is 10.6 Å². The summed E-state index contributed by atoms with van der Waals surface area (Å²) in [6, 6.07) is 10.0. The van der Waals surface area contributed by atoms with Crippen LogP contribution in [0.5, 0.6) is 5.75 Å². The van der Waals surface area contributed by atoms with Crippen molar-refractivity contribution >= 4 is 51.0 Å². The van der Waals surface area contributed by atoms with E-state index in [9.17, 15) is 10.1 Å². The number of rotatable bonds is 4. The highest BCUT2D eigenvalue weighted by molar-refractivity contribution is 7.19. The predicted octanol–water partition coefficient (Wildman–Crippen LogP) is 5.04. The Kier molecular flexibility index (Phi) is 4.27. The second kappa shape index (κ2) is 6.36. The van der Waals surface area contributed by atoms with Gasteiger partial charge in [-0.2, -0.15) is 0 Å². The van der Waals surface area contributed by atoms with Crippen LogP contribution in [0.25, 0.3) is 22.4 Å². The maximum atomic E-state index is 10.8. The molecule has 7 heteroatoms. The third-order valence-electron chi connectivity index (χ3n) is 3.21. The predicted molar refractivity (Wildman–Crippen MR) is 93.2 cm³/mol. The van der Waals surface area contributed by atoms with Gasteiger partial charge in [0.05, 0.1) is 22.2 Å². The fraction of sp³-hybridized carbons (Fsp3) is 0.0625. The van der Waals surface area contributed by atoms with E-state index in [1.54, 1.807) is 19.3 Å². The third kappa shape index (κ3) is 3.33. The molecule has 0 fully saturated rings. The fourth-order valence-electron chi connectivity index (χ4n) is 2.05. The van der Waals surface area contributed by atoms with Crippen molar-refractivity contribution in [1.29, 1.82) is 0 Å². The molecule has 0 bridgehead atoms. The van der Waals surface area contributed by atoms with Gasteiger partial charge in [-0.1, -0.05) is 17.7 Å². The molecule has 0 amide bonds. The van der Waals surface area contributed by atoms with Crippen LogP contribution >= 0.6 is 22.9 Å². The molecule has 0 aliphatic rings. The first-order valence-corrected chi connectivity index (χ1v) is 7.83. The first kappa shape index (κ1) is 15.5. The Morgan fingerprint density at radius 3 is 2.83 bits per heavy atom. The normalized spacial score (nSPS) is 11.2. The molecule has 116 valence electrons. The number of methoxy groups -OCH3 is 1. The molecule has 0 N–H and O–H groups in total. The van der Waals surface area contributed by atoms with Gasteiger partial charge in [-0.3, -0.25) is 10.1 Å². The number of non-ortho nitro benzene ring substituents is 1. The van der Waals surface area contributed by atoms with E-state index < -0.39 is 4.92 Å². The average Bonchev–Trinajstić information content (AvgIpc) is 2.95. The zero-order valence-corrected chi connectivity index (χ0v) is 13.6. The van der Waals surface area contributed by atoms with Crippen LogP contribution in [0.15, 0.2) is 36.4 Å². The molecule has 0 saturated heterocycles. The number of nitrogens with zero attached hydrogens (tertiary/aromatic N) is 2. The number of aromatic nitrogens is 1. The molecule has 0 aliphatic heterocycles. The van der Waals surface area contributed by atoms with Crippen LogP contribution in [-0.4, -0.2) is 17.0 Å². The van der Waals surface area contributed by atoms with Gasteiger partial charge < -0.3 is 4.74 Å². The molecule has 1 aromatic heterocycles. The van der Waals surface area contributed by atoms with Crippen molar-refractivity contribution in [3.05, 3.63) is 62.1 Å². The molecule has 0 saturated carbocycles. The van der Waals surface area contributed by atoms with Crippen molar-refractivity contribution in [3.8, 4) is 5.75 Å². The van der Waals surface area contributed by atoms with Crippen molar-refractivity contribution in [2.45, 2.75) is 0 Å². The minimum atomic E-state index is -0.447. The topological polar surface area (TPSA) is 65.3 Å². The fourth-order valence-corrected chi connectivity index (χ4v) is 3.13. The Balaban J connectivity index is 1.93. The quantitative estimate of drug-likeness (QED) is 0.490. The number of fused-ring (bicyclic) bond motifs is 1. The highest BCUT2D eigenvalue weighted by Gasteiger charge is 2.08. The van der Waals surface area contributed by atoms with E-state index >= 15 is 0 Å². The molecule has 0 radical (unpaired) electrons. The maximum Gasteiger partial charge on any atom is 0.270 e. The standard InChI is InChI=1S/C16H11ClN2O3S/c1-22-12-4-6-14-15(9-12)23-16(18-14)7-2-10-8-11(19(20)21)3-5-13(10)17/h2-9H,1H3/b7-2+. The summed E-state index contributed by atoms with van der Waals surface area (Å²) in [6.45, 7) is 0. The zero-order chi connectivity index (χ0) is 16.4. The molecule has 23 heavy (non-hydrogen) atoms.